The minimum Gasteiger partial charge on any atom is -0.494 e. The number of rotatable bonds is 6. The summed E-state index contributed by atoms with van der Waals surface area (Å²) in [5, 5.41) is 8.60. The van der Waals surface area contributed by atoms with Gasteiger partial charge >= 0.3 is 0 Å². The Labute approximate surface area is 147 Å². The molecule has 1 heterocycles. The van der Waals surface area contributed by atoms with Gasteiger partial charge in [0.1, 0.15) is 11.8 Å². The number of aromatic nitrogens is 2. The highest BCUT2D eigenvalue weighted by molar-refractivity contribution is 5.86. The molecule has 0 aliphatic rings. The highest BCUT2D eigenvalue weighted by Crippen LogP contribution is 2.21. The summed E-state index contributed by atoms with van der Waals surface area (Å²) in [6.07, 6.45) is 0. The third-order valence-corrected chi connectivity index (χ3v) is 4.25. The number of para-hydroxylation sites is 1. The molecule has 0 saturated heterocycles. The molecule has 0 spiro atoms. The number of benzene rings is 2. The van der Waals surface area contributed by atoms with E-state index in [4.69, 9.17) is 4.74 Å². The van der Waals surface area contributed by atoms with Gasteiger partial charge in [-0.25, -0.2) is 0 Å². The Balaban J connectivity index is 1.68. The summed E-state index contributed by atoms with van der Waals surface area (Å²) in [5.41, 5.74) is 2.94. The van der Waals surface area contributed by atoms with Crippen LogP contribution in [-0.2, 0) is 11.3 Å². The lowest BCUT2D eigenvalue weighted by Gasteiger charge is -2.14. The molecule has 25 heavy (non-hydrogen) atoms. The van der Waals surface area contributed by atoms with Crippen LogP contribution in [0, 0.1) is 6.92 Å². The SMILES string of the molecule is CCOc1ccc(CNC(=O)C(C)n2nc(C)c3ccccc32)cc1. The van der Waals surface area contributed by atoms with Gasteiger partial charge in [0.25, 0.3) is 0 Å². The van der Waals surface area contributed by atoms with Crippen LogP contribution in [0.2, 0.25) is 0 Å². The van der Waals surface area contributed by atoms with Crippen molar-refractivity contribution in [2.45, 2.75) is 33.4 Å². The molecule has 3 aromatic rings. The average molecular weight is 337 g/mol. The fraction of sp³-hybridized carbons (Fsp3) is 0.300. The van der Waals surface area contributed by atoms with Crippen LogP contribution in [0.4, 0.5) is 0 Å². The Morgan fingerprint density at radius 3 is 2.64 bits per heavy atom. The lowest BCUT2D eigenvalue weighted by atomic mass is 10.2. The van der Waals surface area contributed by atoms with Gasteiger partial charge in [-0.1, -0.05) is 30.3 Å². The van der Waals surface area contributed by atoms with E-state index in [-0.39, 0.29) is 11.9 Å². The van der Waals surface area contributed by atoms with Crippen molar-refractivity contribution in [3.8, 4) is 5.75 Å². The summed E-state index contributed by atoms with van der Waals surface area (Å²) in [7, 11) is 0. The van der Waals surface area contributed by atoms with Crippen LogP contribution < -0.4 is 10.1 Å². The zero-order valence-electron chi connectivity index (χ0n) is 14.8. The van der Waals surface area contributed by atoms with E-state index in [2.05, 4.69) is 10.4 Å². The quantitative estimate of drug-likeness (QED) is 0.747. The molecule has 1 aromatic heterocycles. The normalized spacial score (nSPS) is 12.1. The average Bonchev–Trinajstić information content (AvgIpc) is 2.98. The van der Waals surface area contributed by atoms with Crippen molar-refractivity contribution in [2.24, 2.45) is 0 Å². The van der Waals surface area contributed by atoms with Crippen molar-refractivity contribution in [1.82, 2.24) is 15.1 Å². The van der Waals surface area contributed by atoms with Gasteiger partial charge in [-0.3, -0.25) is 9.48 Å². The van der Waals surface area contributed by atoms with Gasteiger partial charge in [-0.15, -0.1) is 0 Å². The van der Waals surface area contributed by atoms with Crippen LogP contribution >= 0.6 is 0 Å². The Bertz CT molecular complexity index is 868. The van der Waals surface area contributed by atoms with E-state index in [1.807, 2.05) is 69.3 Å². The third kappa shape index (κ3) is 3.65. The molecular formula is C20H23N3O2. The number of hydrogen-bond donors (Lipinski definition) is 1. The second-order valence-electron chi connectivity index (χ2n) is 6.02. The largest absolute Gasteiger partial charge is 0.494 e. The van der Waals surface area contributed by atoms with Crippen molar-refractivity contribution in [2.75, 3.05) is 6.61 Å². The molecule has 0 aliphatic heterocycles. The van der Waals surface area contributed by atoms with Crippen molar-refractivity contribution >= 4 is 16.8 Å². The van der Waals surface area contributed by atoms with Crippen LogP contribution in [0.25, 0.3) is 10.9 Å². The maximum atomic E-state index is 12.5. The number of fused-ring (bicyclic) bond motifs is 1. The second kappa shape index (κ2) is 7.38. The standard InChI is InChI=1S/C20H23N3O2/c1-4-25-17-11-9-16(10-12-17)13-21-20(24)15(3)23-19-8-6-5-7-18(19)14(2)22-23/h5-12,15H,4,13H2,1-3H3,(H,21,24). The Hall–Kier alpha value is -2.82. The fourth-order valence-electron chi connectivity index (χ4n) is 2.86. The predicted octanol–water partition coefficient (Wildman–Crippen LogP) is 3.62. The fourth-order valence-corrected chi connectivity index (χ4v) is 2.86. The van der Waals surface area contributed by atoms with Gasteiger partial charge in [0.2, 0.25) is 5.91 Å². The van der Waals surface area contributed by atoms with E-state index in [1.54, 1.807) is 4.68 Å². The van der Waals surface area contributed by atoms with Crippen molar-refractivity contribution in [3.05, 3.63) is 59.8 Å². The maximum Gasteiger partial charge on any atom is 0.244 e. The molecule has 0 aliphatic carbocycles. The van der Waals surface area contributed by atoms with Gasteiger partial charge in [-0.05, 0) is 44.5 Å². The van der Waals surface area contributed by atoms with Crippen molar-refractivity contribution in [3.63, 3.8) is 0 Å². The van der Waals surface area contributed by atoms with Gasteiger partial charge in [0, 0.05) is 11.9 Å². The monoisotopic (exact) mass is 337 g/mol. The van der Waals surface area contributed by atoms with Crippen LogP contribution in [-0.4, -0.2) is 22.3 Å². The smallest absolute Gasteiger partial charge is 0.244 e. The molecule has 1 amide bonds. The first kappa shape index (κ1) is 17.0. The minimum absolute atomic E-state index is 0.0536. The highest BCUT2D eigenvalue weighted by atomic mass is 16.5. The van der Waals surface area contributed by atoms with Gasteiger partial charge < -0.3 is 10.1 Å². The number of ether oxygens (including phenoxy) is 1. The lowest BCUT2D eigenvalue weighted by molar-refractivity contribution is -0.124. The summed E-state index contributed by atoms with van der Waals surface area (Å²) in [6.45, 7) is 6.91. The first-order valence-corrected chi connectivity index (χ1v) is 8.53. The number of carbonyl (C=O) groups excluding carboxylic acids is 1. The minimum atomic E-state index is -0.374. The van der Waals surface area contributed by atoms with Crippen molar-refractivity contribution in [1.29, 1.82) is 0 Å². The lowest BCUT2D eigenvalue weighted by Crippen LogP contribution is -2.31. The maximum absolute atomic E-state index is 12.5. The first-order valence-electron chi connectivity index (χ1n) is 8.53. The van der Waals surface area contributed by atoms with Crippen LogP contribution in [0.1, 0.15) is 31.1 Å². The second-order valence-corrected chi connectivity index (χ2v) is 6.02. The van der Waals surface area contributed by atoms with E-state index in [0.717, 1.165) is 27.9 Å². The van der Waals surface area contributed by atoms with Gasteiger partial charge in [0.05, 0.1) is 17.8 Å². The molecule has 5 heteroatoms. The topological polar surface area (TPSA) is 56.1 Å². The van der Waals surface area contributed by atoms with E-state index >= 15 is 0 Å². The zero-order chi connectivity index (χ0) is 17.8. The summed E-state index contributed by atoms with van der Waals surface area (Å²) < 4.78 is 7.22. The Morgan fingerprint density at radius 2 is 1.92 bits per heavy atom. The Morgan fingerprint density at radius 1 is 1.20 bits per heavy atom. The number of aryl methyl sites for hydroxylation is 1. The molecule has 3 rings (SSSR count). The summed E-state index contributed by atoms with van der Waals surface area (Å²) in [4.78, 5) is 12.5. The summed E-state index contributed by atoms with van der Waals surface area (Å²) >= 11 is 0. The van der Waals surface area contributed by atoms with Crippen molar-refractivity contribution < 1.29 is 9.53 Å². The number of nitrogens with one attached hydrogen (secondary N) is 1. The van der Waals surface area contributed by atoms with Crippen LogP contribution in [0.5, 0.6) is 5.75 Å². The molecule has 1 atom stereocenters. The highest BCUT2D eigenvalue weighted by Gasteiger charge is 2.18. The van der Waals surface area contributed by atoms with E-state index < -0.39 is 0 Å². The molecule has 1 N–H and O–H groups in total. The molecule has 5 nitrogen and oxygen atoms in total. The zero-order valence-corrected chi connectivity index (χ0v) is 14.8. The molecule has 130 valence electrons. The van der Waals surface area contributed by atoms with Gasteiger partial charge in [0.15, 0.2) is 0 Å². The van der Waals surface area contributed by atoms with Crippen LogP contribution in [0.3, 0.4) is 0 Å². The molecule has 0 saturated carbocycles. The molecule has 0 bridgehead atoms. The van der Waals surface area contributed by atoms with E-state index in [0.29, 0.717) is 13.2 Å². The molecule has 2 aromatic carbocycles. The van der Waals surface area contributed by atoms with Gasteiger partial charge in [-0.2, -0.15) is 5.10 Å². The number of hydrogen-bond acceptors (Lipinski definition) is 3. The first-order chi connectivity index (χ1) is 12.1. The number of amides is 1. The van der Waals surface area contributed by atoms with E-state index in [1.165, 1.54) is 0 Å². The summed E-state index contributed by atoms with van der Waals surface area (Å²) in [6, 6.07) is 15.3. The number of nitrogens with zero attached hydrogens (tertiary/aromatic N) is 2. The molecular weight excluding hydrogens is 314 g/mol. The molecule has 0 fully saturated rings. The van der Waals surface area contributed by atoms with Crippen LogP contribution in [0.15, 0.2) is 48.5 Å². The molecule has 1 unspecified atom stereocenters. The molecule has 0 radical (unpaired) electrons. The number of carbonyl (C=O) groups is 1. The summed E-state index contributed by atoms with van der Waals surface area (Å²) in [5.74, 6) is 0.784. The predicted molar refractivity (Wildman–Crippen MR) is 98.6 cm³/mol. The van der Waals surface area contributed by atoms with E-state index in [9.17, 15) is 4.79 Å². The third-order valence-electron chi connectivity index (χ3n) is 4.25. The Kier molecular flexibility index (Phi) is 5.03.